The lowest BCUT2D eigenvalue weighted by Gasteiger charge is -2.12. The molecule has 2 aliphatic rings. The fraction of sp³-hybridized carbons (Fsp3) is 0.235. The summed E-state index contributed by atoms with van der Waals surface area (Å²) in [6, 6.07) is 33.3. The summed E-state index contributed by atoms with van der Waals surface area (Å²) in [5.41, 5.74) is 14.9. The molecule has 0 unspecified atom stereocenters. The van der Waals surface area contributed by atoms with Gasteiger partial charge in [0.15, 0.2) is 0 Å². The van der Waals surface area contributed by atoms with E-state index in [4.69, 9.17) is 15.2 Å². The lowest BCUT2D eigenvalue weighted by Crippen LogP contribution is -2.09. The van der Waals surface area contributed by atoms with Crippen LogP contribution >= 0.6 is 28.2 Å². The molecule has 0 saturated heterocycles. The minimum Gasteiger partial charge on any atom is -0.465 e. The predicted molar refractivity (Wildman–Crippen MR) is 213 cm³/mol. The van der Waals surface area contributed by atoms with E-state index in [1.807, 2.05) is 55.5 Å². The molecule has 0 saturated carbocycles. The van der Waals surface area contributed by atoms with E-state index in [0.717, 1.165) is 34.7 Å². The minimum atomic E-state index is -0.225. The zero-order valence-corrected chi connectivity index (χ0v) is 33.0. The summed E-state index contributed by atoms with van der Waals surface area (Å²) in [6.45, 7) is 6.40. The van der Waals surface area contributed by atoms with Crippen LogP contribution in [0.3, 0.4) is 0 Å². The highest BCUT2D eigenvalue weighted by molar-refractivity contribution is 8.41. The SMILES string of the molecule is CC(=O)OCC1c2ccccc2-c2ccccc21.CC(=O)OCC1c2ccccc2-c2ccccc21.CCN.S=PP=S.S=PP=S. The second-order valence-corrected chi connectivity index (χ2v) is 18.3. The molecular weight excluding hydrogens is 739 g/mol. The summed E-state index contributed by atoms with van der Waals surface area (Å²) in [4.78, 5) is 22.0. The van der Waals surface area contributed by atoms with Gasteiger partial charge >= 0.3 is 11.9 Å². The summed E-state index contributed by atoms with van der Waals surface area (Å²) >= 11 is 17.6. The maximum atomic E-state index is 11.0. The molecule has 0 amide bonds. The van der Waals surface area contributed by atoms with Crippen LogP contribution < -0.4 is 5.73 Å². The first-order chi connectivity index (χ1) is 22.8. The van der Waals surface area contributed by atoms with E-state index in [2.05, 4.69) is 95.8 Å². The van der Waals surface area contributed by atoms with Gasteiger partial charge in [-0.05, 0) is 98.3 Å². The molecule has 0 aromatic heterocycles. The molecule has 4 aromatic rings. The molecule has 0 heterocycles. The van der Waals surface area contributed by atoms with Crippen LogP contribution in [0.2, 0.25) is 0 Å². The lowest BCUT2D eigenvalue weighted by atomic mass is 9.98. The molecule has 2 aliphatic carbocycles. The largest absolute Gasteiger partial charge is 0.465 e. The number of hydrogen-bond donors (Lipinski definition) is 1. The third-order valence-electron chi connectivity index (χ3n) is 6.90. The van der Waals surface area contributed by atoms with Gasteiger partial charge in [0.25, 0.3) is 0 Å². The first kappa shape index (κ1) is 41.0. The number of benzene rings is 4. The van der Waals surface area contributed by atoms with Crippen LogP contribution in [-0.4, -0.2) is 31.7 Å². The van der Waals surface area contributed by atoms with Crippen LogP contribution in [0, 0.1) is 0 Å². The van der Waals surface area contributed by atoms with Gasteiger partial charge in [-0.1, -0.05) is 104 Å². The van der Waals surface area contributed by atoms with Gasteiger partial charge in [-0.3, -0.25) is 9.59 Å². The Morgan fingerprint density at radius 1 is 0.553 bits per heavy atom. The molecule has 6 rings (SSSR count). The smallest absolute Gasteiger partial charge is 0.302 e. The molecule has 0 spiro atoms. The summed E-state index contributed by atoms with van der Waals surface area (Å²) in [5, 5.41) is 0. The molecule has 2 N–H and O–H groups in total. The molecular formula is C34H35NO4P4S4. The number of ether oxygens (including phenoxy) is 2. The molecule has 0 fully saturated rings. The zero-order valence-electron chi connectivity index (χ0n) is 26.1. The highest BCUT2D eigenvalue weighted by Crippen LogP contribution is 2.45. The average Bonchev–Trinajstić information content (AvgIpc) is 3.59. The molecule has 0 bridgehead atoms. The quantitative estimate of drug-likeness (QED) is 0.152. The van der Waals surface area contributed by atoms with Crippen LogP contribution in [0.25, 0.3) is 22.3 Å². The van der Waals surface area contributed by atoms with Crippen molar-refractivity contribution in [3.8, 4) is 22.3 Å². The van der Waals surface area contributed by atoms with Crippen molar-refractivity contribution in [2.45, 2.75) is 32.6 Å². The Balaban J connectivity index is 0.000000250. The molecule has 5 nitrogen and oxygen atoms in total. The average molecular weight is 774 g/mol. The number of carbonyl (C=O) groups is 2. The van der Waals surface area contributed by atoms with Gasteiger partial charge in [0.1, 0.15) is 13.2 Å². The molecule has 4 aromatic carbocycles. The van der Waals surface area contributed by atoms with E-state index < -0.39 is 0 Å². The van der Waals surface area contributed by atoms with Crippen molar-refractivity contribution in [2.75, 3.05) is 19.8 Å². The van der Waals surface area contributed by atoms with E-state index in [9.17, 15) is 9.59 Å². The van der Waals surface area contributed by atoms with E-state index in [-0.39, 0.29) is 23.8 Å². The Morgan fingerprint density at radius 3 is 0.957 bits per heavy atom. The van der Waals surface area contributed by atoms with Gasteiger partial charge in [-0.2, -0.15) is 0 Å². The van der Waals surface area contributed by atoms with Crippen LogP contribution in [0.15, 0.2) is 97.1 Å². The summed E-state index contributed by atoms with van der Waals surface area (Å²) in [7, 11) is 3.48. The van der Waals surface area contributed by atoms with Crippen LogP contribution in [0.5, 0.6) is 0 Å². The Kier molecular flexibility index (Phi) is 20.3. The number of hydrogen-bond acceptors (Lipinski definition) is 9. The van der Waals surface area contributed by atoms with E-state index in [1.165, 1.54) is 58.4 Å². The standard InChI is InChI=1S/2C16H14O2.C2H7N.2P2S2/c2*1-11(17)18-10-16-14-8-4-2-6-12(14)13-7-3-5-9-15(13)16;1-2-3;2*3-1-2-4/h2*2-9,16H,10H2,1H3;2-3H2,1H3;;. The third-order valence-corrected chi connectivity index (χ3v) is 12.2. The predicted octanol–water partition coefficient (Wildman–Crippen LogP) is 10.1. The van der Waals surface area contributed by atoms with E-state index in [0.29, 0.717) is 13.2 Å². The van der Waals surface area contributed by atoms with Gasteiger partial charge in [-0.25, -0.2) is 0 Å². The van der Waals surface area contributed by atoms with Crippen molar-refractivity contribution in [1.82, 2.24) is 0 Å². The maximum absolute atomic E-state index is 11.0. The molecule has 47 heavy (non-hydrogen) atoms. The van der Waals surface area contributed by atoms with Crippen molar-refractivity contribution in [2.24, 2.45) is 5.73 Å². The van der Waals surface area contributed by atoms with Crippen molar-refractivity contribution in [3.05, 3.63) is 119 Å². The van der Waals surface area contributed by atoms with E-state index in [1.54, 1.807) is 0 Å². The van der Waals surface area contributed by atoms with Crippen LogP contribution in [0.4, 0.5) is 0 Å². The first-order valence-corrected chi connectivity index (χ1v) is 23.5. The van der Waals surface area contributed by atoms with Gasteiger partial charge in [0.2, 0.25) is 0 Å². The second-order valence-electron chi connectivity index (χ2n) is 9.79. The minimum absolute atomic E-state index is 0.168. The normalized spacial score (nSPS) is 11.8. The Labute approximate surface area is 304 Å². The highest BCUT2D eigenvalue weighted by Gasteiger charge is 2.29. The highest BCUT2D eigenvalue weighted by atomic mass is 32.7. The number of carbonyl (C=O) groups excluding carboxylic acids is 2. The Morgan fingerprint density at radius 2 is 0.766 bits per heavy atom. The summed E-state index contributed by atoms with van der Waals surface area (Å²) < 4.78 is 10.4. The number of esters is 2. The van der Waals surface area contributed by atoms with Crippen molar-refractivity contribution in [3.63, 3.8) is 0 Å². The Hall–Kier alpha value is -2.14. The summed E-state index contributed by atoms with van der Waals surface area (Å²) in [5.74, 6) is -0.115. The van der Waals surface area contributed by atoms with Crippen LogP contribution in [0.1, 0.15) is 54.9 Å². The molecule has 0 atom stereocenters. The van der Waals surface area contributed by atoms with Gasteiger partial charge in [0, 0.05) is 53.9 Å². The maximum Gasteiger partial charge on any atom is 0.302 e. The monoisotopic (exact) mass is 773 g/mol. The van der Waals surface area contributed by atoms with Crippen molar-refractivity contribution in [1.29, 1.82) is 0 Å². The molecule has 13 heteroatoms. The van der Waals surface area contributed by atoms with Gasteiger partial charge in [-0.15, -0.1) is 0 Å². The third kappa shape index (κ3) is 12.7. The molecule has 0 aliphatic heterocycles. The van der Waals surface area contributed by atoms with Crippen molar-refractivity contribution < 1.29 is 19.1 Å². The lowest BCUT2D eigenvalue weighted by molar-refractivity contribution is -0.142. The second kappa shape index (κ2) is 23.3. The fourth-order valence-electron chi connectivity index (χ4n) is 5.28. The van der Waals surface area contributed by atoms with Crippen molar-refractivity contribution >= 4 is 87.3 Å². The zero-order chi connectivity index (χ0) is 34.6. The topological polar surface area (TPSA) is 78.6 Å². The van der Waals surface area contributed by atoms with E-state index >= 15 is 0 Å². The van der Waals surface area contributed by atoms with Gasteiger partial charge < -0.3 is 15.2 Å². The fourth-order valence-corrected chi connectivity index (χ4v) is 5.28. The number of rotatable bonds is 6. The molecule has 244 valence electrons. The molecule has 0 radical (unpaired) electrons. The first-order valence-electron chi connectivity index (χ1n) is 14.4. The Bertz CT molecular complexity index is 1450. The number of nitrogens with two attached hydrogens (primary N) is 1. The number of fused-ring (bicyclic) bond motifs is 6. The summed E-state index contributed by atoms with van der Waals surface area (Å²) in [6.07, 6.45) is 0. The van der Waals surface area contributed by atoms with Gasteiger partial charge in [0.05, 0.1) is 0 Å². The van der Waals surface area contributed by atoms with Crippen LogP contribution in [-0.2, 0) is 66.3 Å².